The number of aryl methyl sites for hydroxylation is 2. The molecule has 0 aliphatic heterocycles. The second-order valence-electron chi connectivity index (χ2n) is 6.82. The molecule has 0 radical (unpaired) electrons. The summed E-state index contributed by atoms with van der Waals surface area (Å²) in [5.74, 6) is 0.361. The van der Waals surface area contributed by atoms with Crippen LogP contribution in [0.25, 0.3) is 5.65 Å². The van der Waals surface area contributed by atoms with E-state index >= 15 is 0 Å². The van der Waals surface area contributed by atoms with Crippen LogP contribution in [0.1, 0.15) is 60.4 Å². The summed E-state index contributed by atoms with van der Waals surface area (Å²) in [4.78, 5) is 17.6. The fourth-order valence-corrected chi connectivity index (χ4v) is 2.99. The number of imidazole rings is 1. The SMILES string of the molecule is CCCc1nc2cc(C)ccn2c1C(=O)Nc1ccc(C(C)C)cc1. The van der Waals surface area contributed by atoms with Gasteiger partial charge in [0, 0.05) is 11.9 Å². The molecule has 4 nitrogen and oxygen atoms in total. The van der Waals surface area contributed by atoms with E-state index < -0.39 is 0 Å². The van der Waals surface area contributed by atoms with Gasteiger partial charge in [0.25, 0.3) is 5.91 Å². The van der Waals surface area contributed by atoms with Crippen LogP contribution in [0.2, 0.25) is 0 Å². The van der Waals surface area contributed by atoms with E-state index in [9.17, 15) is 4.79 Å². The summed E-state index contributed by atoms with van der Waals surface area (Å²) >= 11 is 0. The molecule has 3 rings (SSSR count). The van der Waals surface area contributed by atoms with Gasteiger partial charge in [-0.05, 0) is 54.7 Å². The summed E-state index contributed by atoms with van der Waals surface area (Å²) in [5.41, 5.74) is 5.50. The highest BCUT2D eigenvalue weighted by Gasteiger charge is 2.19. The zero-order chi connectivity index (χ0) is 18.0. The van der Waals surface area contributed by atoms with E-state index in [2.05, 4.69) is 43.2 Å². The molecule has 1 N–H and O–H groups in total. The Kier molecular flexibility index (Phi) is 4.88. The molecule has 130 valence electrons. The number of hydrogen-bond donors (Lipinski definition) is 1. The molecule has 0 aliphatic carbocycles. The first-order valence-corrected chi connectivity index (χ1v) is 8.88. The molecule has 2 aromatic heterocycles. The first-order chi connectivity index (χ1) is 12.0. The molecule has 0 saturated heterocycles. The standard InChI is InChI=1S/C21H25N3O/c1-5-6-18-20(24-12-11-15(4)13-19(24)23-18)21(25)22-17-9-7-16(8-10-17)14(2)3/h7-14H,5-6H2,1-4H3,(H,22,25). The van der Waals surface area contributed by atoms with Gasteiger partial charge in [0.15, 0.2) is 0 Å². The lowest BCUT2D eigenvalue weighted by atomic mass is 10.0. The van der Waals surface area contributed by atoms with Crippen molar-refractivity contribution in [2.45, 2.75) is 46.5 Å². The van der Waals surface area contributed by atoms with Gasteiger partial charge in [-0.25, -0.2) is 4.98 Å². The van der Waals surface area contributed by atoms with Crippen LogP contribution in [0.4, 0.5) is 5.69 Å². The summed E-state index contributed by atoms with van der Waals surface area (Å²) in [6.45, 7) is 8.45. The van der Waals surface area contributed by atoms with Crippen LogP contribution in [-0.4, -0.2) is 15.3 Å². The van der Waals surface area contributed by atoms with Crippen molar-refractivity contribution in [1.82, 2.24) is 9.38 Å². The molecule has 4 heteroatoms. The predicted octanol–water partition coefficient (Wildman–Crippen LogP) is 4.97. The maximum Gasteiger partial charge on any atom is 0.274 e. The fourth-order valence-electron chi connectivity index (χ4n) is 2.99. The topological polar surface area (TPSA) is 46.4 Å². The normalized spacial score (nSPS) is 11.2. The molecule has 25 heavy (non-hydrogen) atoms. The van der Waals surface area contributed by atoms with Crippen LogP contribution in [0.5, 0.6) is 0 Å². The number of carbonyl (C=O) groups is 1. The molecule has 0 bridgehead atoms. The number of carbonyl (C=O) groups excluding carboxylic acids is 1. The Hall–Kier alpha value is -2.62. The maximum atomic E-state index is 12.9. The van der Waals surface area contributed by atoms with Gasteiger partial charge in [-0.15, -0.1) is 0 Å². The van der Waals surface area contributed by atoms with Crippen LogP contribution in [0.15, 0.2) is 42.6 Å². The highest BCUT2D eigenvalue weighted by molar-refractivity contribution is 6.04. The number of fused-ring (bicyclic) bond motifs is 1. The number of benzene rings is 1. The fraction of sp³-hybridized carbons (Fsp3) is 0.333. The van der Waals surface area contributed by atoms with E-state index in [0.717, 1.165) is 35.4 Å². The molecule has 0 unspecified atom stereocenters. The number of rotatable bonds is 5. The Morgan fingerprint density at radius 2 is 1.92 bits per heavy atom. The monoisotopic (exact) mass is 335 g/mol. The minimum absolute atomic E-state index is 0.114. The molecule has 1 aromatic carbocycles. The van der Waals surface area contributed by atoms with E-state index in [-0.39, 0.29) is 5.91 Å². The number of anilines is 1. The van der Waals surface area contributed by atoms with Crippen LogP contribution >= 0.6 is 0 Å². The molecule has 3 aromatic rings. The van der Waals surface area contributed by atoms with Crippen molar-refractivity contribution in [3.8, 4) is 0 Å². The number of amides is 1. The second-order valence-corrected chi connectivity index (χ2v) is 6.82. The van der Waals surface area contributed by atoms with Gasteiger partial charge in [-0.1, -0.05) is 39.3 Å². The number of nitrogens with one attached hydrogen (secondary N) is 1. The lowest BCUT2D eigenvalue weighted by Crippen LogP contribution is -2.16. The Morgan fingerprint density at radius 3 is 2.56 bits per heavy atom. The molecular formula is C21H25N3O. The van der Waals surface area contributed by atoms with Crippen LogP contribution < -0.4 is 5.32 Å². The molecule has 2 heterocycles. The summed E-state index contributed by atoms with van der Waals surface area (Å²) in [5, 5.41) is 3.02. The molecule has 0 saturated carbocycles. The van der Waals surface area contributed by atoms with Crippen LogP contribution in [-0.2, 0) is 6.42 Å². The quantitative estimate of drug-likeness (QED) is 0.715. The first-order valence-electron chi connectivity index (χ1n) is 8.88. The van der Waals surface area contributed by atoms with Crippen molar-refractivity contribution in [3.63, 3.8) is 0 Å². The Labute approximate surface area is 148 Å². The highest BCUT2D eigenvalue weighted by atomic mass is 16.2. The van der Waals surface area contributed by atoms with Gasteiger partial charge in [0.2, 0.25) is 0 Å². The molecule has 0 aliphatic rings. The smallest absolute Gasteiger partial charge is 0.274 e. The van der Waals surface area contributed by atoms with Crippen LogP contribution in [0, 0.1) is 6.92 Å². The van der Waals surface area contributed by atoms with E-state index in [4.69, 9.17) is 0 Å². The van der Waals surface area contributed by atoms with Gasteiger partial charge in [-0.3, -0.25) is 9.20 Å². The summed E-state index contributed by atoms with van der Waals surface area (Å²) in [6, 6.07) is 12.0. The van der Waals surface area contributed by atoms with Gasteiger partial charge in [0.05, 0.1) is 5.69 Å². The molecular weight excluding hydrogens is 310 g/mol. The third kappa shape index (κ3) is 3.58. The van der Waals surface area contributed by atoms with E-state index in [1.54, 1.807) is 0 Å². The predicted molar refractivity (Wildman–Crippen MR) is 102 cm³/mol. The summed E-state index contributed by atoms with van der Waals surface area (Å²) in [7, 11) is 0. The first kappa shape index (κ1) is 17.2. The van der Waals surface area contributed by atoms with E-state index in [0.29, 0.717) is 11.6 Å². The van der Waals surface area contributed by atoms with Crippen molar-refractivity contribution in [2.75, 3.05) is 5.32 Å². The number of pyridine rings is 1. The lowest BCUT2D eigenvalue weighted by Gasteiger charge is -2.09. The molecule has 1 amide bonds. The Bertz CT molecular complexity index is 891. The van der Waals surface area contributed by atoms with E-state index in [1.165, 1.54) is 5.56 Å². The van der Waals surface area contributed by atoms with E-state index in [1.807, 2.05) is 41.8 Å². The van der Waals surface area contributed by atoms with Gasteiger partial charge < -0.3 is 5.32 Å². The van der Waals surface area contributed by atoms with Crippen molar-refractivity contribution < 1.29 is 4.79 Å². The Morgan fingerprint density at radius 1 is 1.20 bits per heavy atom. The second kappa shape index (κ2) is 7.09. The number of nitrogens with zero attached hydrogens (tertiary/aromatic N) is 2. The van der Waals surface area contributed by atoms with Gasteiger partial charge >= 0.3 is 0 Å². The highest BCUT2D eigenvalue weighted by Crippen LogP contribution is 2.20. The lowest BCUT2D eigenvalue weighted by molar-refractivity contribution is 0.102. The molecule has 0 fully saturated rings. The number of aromatic nitrogens is 2. The summed E-state index contributed by atoms with van der Waals surface area (Å²) in [6.07, 6.45) is 3.66. The average Bonchev–Trinajstić information content (AvgIpc) is 2.92. The Balaban J connectivity index is 1.94. The maximum absolute atomic E-state index is 12.9. The number of hydrogen-bond acceptors (Lipinski definition) is 2. The summed E-state index contributed by atoms with van der Waals surface area (Å²) < 4.78 is 1.88. The van der Waals surface area contributed by atoms with Crippen molar-refractivity contribution in [1.29, 1.82) is 0 Å². The molecule has 0 atom stereocenters. The van der Waals surface area contributed by atoms with Gasteiger partial charge in [0.1, 0.15) is 11.3 Å². The van der Waals surface area contributed by atoms with Crippen molar-refractivity contribution >= 4 is 17.2 Å². The minimum atomic E-state index is -0.114. The van der Waals surface area contributed by atoms with Crippen molar-refractivity contribution in [2.24, 2.45) is 0 Å². The minimum Gasteiger partial charge on any atom is -0.321 e. The third-order valence-electron chi connectivity index (χ3n) is 4.39. The molecule has 0 spiro atoms. The zero-order valence-corrected chi connectivity index (χ0v) is 15.3. The largest absolute Gasteiger partial charge is 0.321 e. The third-order valence-corrected chi connectivity index (χ3v) is 4.39. The van der Waals surface area contributed by atoms with Crippen LogP contribution in [0.3, 0.4) is 0 Å². The average molecular weight is 335 g/mol. The van der Waals surface area contributed by atoms with Gasteiger partial charge in [-0.2, -0.15) is 0 Å². The van der Waals surface area contributed by atoms with Crippen molar-refractivity contribution in [3.05, 3.63) is 65.1 Å². The zero-order valence-electron chi connectivity index (χ0n) is 15.3.